The average molecular weight is 217 g/mol. The molecule has 1 rings (SSSR count). The van der Waals surface area contributed by atoms with Gasteiger partial charge < -0.3 is 11.1 Å². The molecule has 0 atom stereocenters. The molecule has 6 nitrogen and oxygen atoms in total. The van der Waals surface area contributed by atoms with Gasteiger partial charge in [-0.2, -0.15) is 5.10 Å². The molecule has 1 aromatic rings. The van der Waals surface area contributed by atoms with Crippen LogP contribution in [0.4, 0.5) is 5.69 Å². The third kappa shape index (κ3) is 3.06. The number of amides is 2. The van der Waals surface area contributed by atoms with Gasteiger partial charge in [-0.25, -0.2) is 0 Å². The lowest BCUT2D eigenvalue weighted by Gasteiger charge is -1.97. The molecule has 0 aromatic carbocycles. The van der Waals surface area contributed by atoms with E-state index in [1.807, 2.05) is 0 Å². The smallest absolute Gasteiger partial charge is 0.239 e. The van der Waals surface area contributed by atoms with Gasteiger partial charge in [0.1, 0.15) is 12.4 Å². The van der Waals surface area contributed by atoms with Crippen LogP contribution in [-0.4, -0.2) is 27.5 Å². The fourth-order valence-electron chi connectivity index (χ4n) is 0.869. The van der Waals surface area contributed by atoms with Gasteiger partial charge in [-0.1, -0.05) is 0 Å². The zero-order chi connectivity index (χ0) is 10.6. The van der Waals surface area contributed by atoms with Gasteiger partial charge in [0, 0.05) is 6.20 Å². The van der Waals surface area contributed by atoms with Gasteiger partial charge >= 0.3 is 0 Å². The first-order valence-corrected chi connectivity index (χ1v) is 4.32. The van der Waals surface area contributed by atoms with Gasteiger partial charge in [0.05, 0.1) is 11.9 Å². The molecule has 76 valence electrons. The van der Waals surface area contributed by atoms with Crippen molar-refractivity contribution < 1.29 is 9.59 Å². The zero-order valence-electron chi connectivity index (χ0n) is 7.24. The molecule has 1 aromatic heterocycles. The van der Waals surface area contributed by atoms with Crippen LogP contribution in [0, 0.1) is 0 Å². The second-order valence-electron chi connectivity index (χ2n) is 2.57. The summed E-state index contributed by atoms with van der Waals surface area (Å²) in [6.45, 7) is -0.0171. The standard InChI is InChI=1S/C7H9ClN4O2/c8-1-7(14)11-5-2-10-12(3-5)4-6(9)13/h2-3H,1,4H2,(H2,9,13)(H,11,14). The Morgan fingerprint density at radius 2 is 2.36 bits per heavy atom. The van der Waals surface area contributed by atoms with Crippen molar-refractivity contribution in [2.75, 3.05) is 11.2 Å². The molecule has 0 aliphatic heterocycles. The Bertz CT molecular complexity index is 349. The quantitative estimate of drug-likeness (QED) is 0.668. The molecular formula is C7H9ClN4O2. The summed E-state index contributed by atoms with van der Waals surface area (Å²) >= 11 is 5.28. The highest BCUT2D eigenvalue weighted by Crippen LogP contribution is 2.04. The van der Waals surface area contributed by atoms with Gasteiger partial charge in [0.15, 0.2) is 0 Å². The Balaban J connectivity index is 2.59. The van der Waals surface area contributed by atoms with Gasteiger partial charge in [0.25, 0.3) is 0 Å². The summed E-state index contributed by atoms with van der Waals surface area (Å²) in [4.78, 5) is 21.4. The summed E-state index contributed by atoms with van der Waals surface area (Å²) in [5, 5.41) is 6.28. The Hall–Kier alpha value is -1.56. The van der Waals surface area contributed by atoms with Crippen LogP contribution in [0.25, 0.3) is 0 Å². The van der Waals surface area contributed by atoms with Crippen molar-refractivity contribution in [3.63, 3.8) is 0 Å². The maximum atomic E-state index is 10.8. The number of hydrogen-bond acceptors (Lipinski definition) is 3. The molecule has 0 aliphatic carbocycles. The van der Waals surface area contributed by atoms with E-state index < -0.39 is 5.91 Å². The van der Waals surface area contributed by atoms with E-state index in [9.17, 15) is 9.59 Å². The highest BCUT2D eigenvalue weighted by Gasteiger charge is 2.03. The van der Waals surface area contributed by atoms with Crippen LogP contribution in [0.5, 0.6) is 0 Å². The molecule has 0 spiro atoms. The summed E-state index contributed by atoms with van der Waals surface area (Å²) in [5.74, 6) is -0.949. The van der Waals surface area contributed by atoms with Gasteiger partial charge in [-0.15, -0.1) is 11.6 Å². The molecule has 0 saturated heterocycles. The lowest BCUT2D eigenvalue weighted by Crippen LogP contribution is -2.18. The molecule has 0 fully saturated rings. The summed E-state index contributed by atoms with van der Waals surface area (Å²) in [6, 6.07) is 0. The predicted molar refractivity (Wildman–Crippen MR) is 50.8 cm³/mol. The van der Waals surface area contributed by atoms with E-state index in [4.69, 9.17) is 17.3 Å². The van der Waals surface area contributed by atoms with E-state index in [0.29, 0.717) is 5.69 Å². The zero-order valence-corrected chi connectivity index (χ0v) is 7.99. The number of rotatable bonds is 4. The average Bonchev–Trinajstić information content (AvgIpc) is 2.51. The van der Waals surface area contributed by atoms with Crippen molar-refractivity contribution in [2.45, 2.75) is 6.54 Å². The van der Waals surface area contributed by atoms with E-state index in [0.717, 1.165) is 0 Å². The third-order valence-electron chi connectivity index (χ3n) is 1.36. The van der Waals surface area contributed by atoms with Crippen LogP contribution < -0.4 is 11.1 Å². The Kier molecular flexibility index (Phi) is 3.47. The number of nitrogens with zero attached hydrogens (tertiary/aromatic N) is 2. The van der Waals surface area contributed by atoms with Gasteiger partial charge in [-0.05, 0) is 0 Å². The number of alkyl halides is 1. The van der Waals surface area contributed by atoms with Crippen molar-refractivity contribution in [1.82, 2.24) is 9.78 Å². The Labute approximate surface area is 85.0 Å². The minimum atomic E-state index is -0.497. The third-order valence-corrected chi connectivity index (χ3v) is 1.60. The summed E-state index contributed by atoms with van der Waals surface area (Å²) in [7, 11) is 0. The monoisotopic (exact) mass is 216 g/mol. The van der Waals surface area contributed by atoms with Crippen molar-refractivity contribution in [2.24, 2.45) is 5.73 Å². The minimum Gasteiger partial charge on any atom is -0.368 e. The number of nitrogens with one attached hydrogen (secondary N) is 1. The largest absolute Gasteiger partial charge is 0.368 e. The number of anilines is 1. The molecule has 3 N–H and O–H groups in total. The first-order valence-electron chi connectivity index (χ1n) is 3.78. The number of carbonyl (C=O) groups is 2. The van der Waals surface area contributed by atoms with E-state index in [-0.39, 0.29) is 18.3 Å². The lowest BCUT2D eigenvalue weighted by molar-refractivity contribution is -0.118. The van der Waals surface area contributed by atoms with Crippen LogP contribution >= 0.6 is 11.6 Å². The fraction of sp³-hybridized carbons (Fsp3) is 0.286. The molecular weight excluding hydrogens is 208 g/mol. The predicted octanol–water partition coefficient (Wildman–Crippen LogP) is -0.454. The maximum Gasteiger partial charge on any atom is 0.239 e. The second-order valence-corrected chi connectivity index (χ2v) is 2.84. The molecule has 7 heteroatoms. The highest BCUT2D eigenvalue weighted by atomic mass is 35.5. The van der Waals surface area contributed by atoms with Gasteiger partial charge in [-0.3, -0.25) is 14.3 Å². The number of primary amides is 1. The molecule has 0 saturated carbocycles. The lowest BCUT2D eigenvalue weighted by atomic mass is 10.5. The van der Waals surface area contributed by atoms with E-state index in [1.54, 1.807) is 0 Å². The number of halogens is 1. The molecule has 0 radical (unpaired) electrons. The fourth-order valence-corrected chi connectivity index (χ4v) is 0.935. The van der Waals surface area contributed by atoms with Crippen molar-refractivity contribution in [3.05, 3.63) is 12.4 Å². The molecule has 0 unspecified atom stereocenters. The van der Waals surface area contributed by atoms with Crippen molar-refractivity contribution in [1.29, 1.82) is 0 Å². The van der Waals surface area contributed by atoms with Gasteiger partial charge in [0.2, 0.25) is 11.8 Å². The SMILES string of the molecule is NC(=O)Cn1cc(NC(=O)CCl)cn1. The first kappa shape index (κ1) is 10.5. The van der Waals surface area contributed by atoms with E-state index in [1.165, 1.54) is 17.1 Å². The number of carbonyl (C=O) groups excluding carboxylic acids is 2. The Morgan fingerprint density at radius 3 is 2.93 bits per heavy atom. The van der Waals surface area contributed by atoms with E-state index >= 15 is 0 Å². The molecule has 2 amide bonds. The number of nitrogens with two attached hydrogens (primary N) is 1. The van der Waals surface area contributed by atoms with Crippen LogP contribution in [0.15, 0.2) is 12.4 Å². The van der Waals surface area contributed by atoms with Crippen LogP contribution in [0.1, 0.15) is 0 Å². The van der Waals surface area contributed by atoms with Crippen molar-refractivity contribution >= 4 is 29.1 Å². The normalized spacial score (nSPS) is 9.79. The molecule has 0 bridgehead atoms. The topological polar surface area (TPSA) is 90.0 Å². The molecule has 0 aliphatic rings. The number of hydrogen-bond donors (Lipinski definition) is 2. The first-order chi connectivity index (χ1) is 6.61. The van der Waals surface area contributed by atoms with Crippen LogP contribution in [-0.2, 0) is 16.1 Å². The minimum absolute atomic E-state index is 0.0171. The Morgan fingerprint density at radius 1 is 1.64 bits per heavy atom. The molecule has 14 heavy (non-hydrogen) atoms. The summed E-state index contributed by atoms with van der Waals surface area (Å²) < 4.78 is 1.33. The van der Waals surface area contributed by atoms with E-state index in [2.05, 4.69) is 10.4 Å². The van der Waals surface area contributed by atoms with Crippen LogP contribution in [0.3, 0.4) is 0 Å². The number of aromatic nitrogens is 2. The molecule has 1 heterocycles. The second kappa shape index (κ2) is 4.61. The summed E-state index contributed by atoms with van der Waals surface area (Å²) in [6.07, 6.45) is 2.91. The highest BCUT2D eigenvalue weighted by molar-refractivity contribution is 6.29. The van der Waals surface area contributed by atoms with Crippen molar-refractivity contribution in [3.8, 4) is 0 Å². The van der Waals surface area contributed by atoms with Crippen LogP contribution in [0.2, 0.25) is 0 Å². The maximum absolute atomic E-state index is 10.8. The summed E-state index contributed by atoms with van der Waals surface area (Å²) in [5.41, 5.74) is 5.44.